The fourth-order valence-electron chi connectivity index (χ4n) is 4.95. The summed E-state index contributed by atoms with van der Waals surface area (Å²) in [7, 11) is 0. The number of hydrogen-bond donors (Lipinski definition) is 1. The second-order valence-electron chi connectivity index (χ2n) is 9.28. The van der Waals surface area contributed by atoms with Gasteiger partial charge in [0, 0.05) is 29.5 Å². The van der Waals surface area contributed by atoms with Crippen LogP contribution in [0.5, 0.6) is 23.0 Å². The van der Waals surface area contributed by atoms with E-state index in [0.29, 0.717) is 12.5 Å². The van der Waals surface area contributed by atoms with Gasteiger partial charge in [0.1, 0.15) is 35.7 Å². The largest absolute Gasteiger partial charge is 0.508 e. The van der Waals surface area contributed by atoms with Crippen molar-refractivity contribution in [1.29, 1.82) is 0 Å². The number of aryl methyl sites for hydroxylation is 2. The maximum Gasteiger partial charge on any atom is 0.126 e. The van der Waals surface area contributed by atoms with Crippen LogP contribution in [0.15, 0.2) is 48.5 Å². The number of phenols is 1. The lowest BCUT2D eigenvalue weighted by Crippen LogP contribution is -2.15. The van der Waals surface area contributed by atoms with Crippen LogP contribution in [0, 0.1) is 13.8 Å². The van der Waals surface area contributed by atoms with Crippen LogP contribution >= 0.6 is 0 Å². The van der Waals surface area contributed by atoms with Gasteiger partial charge in [-0.1, -0.05) is 19.1 Å². The second-order valence-corrected chi connectivity index (χ2v) is 9.28. The maximum atomic E-state index is 10.5. The number of fused-ring (bicyclic) bond motifs is 1. The lowest BCUT2D eigenvalue weighted by Gasteiger charge is -2.17. The molecule has 1 fully saturated rings. The van der Waals surface area contributed by atoms with Gasteiger partial charge in [-0.2, -0.15) is 0 Å². The lowest BCUT2D eigenvalue weighted by molar-refractivity contribution is 0.141. The highest BCUT2D eigenvalue weighted by atomic mass is 16.5. The SMILES string of the molecule is CC[C@@H]1COc2cc(OCc3cc(-c4c(C)cc(O[C@@H]5CCOC5)cc4C)ccc3O)ccc21. The topological polar surface area (TPSA) is 57.2 Å². The van der Waals surface area contributed by atoms with Gasteiger partial charge in [-0.15, -0.1) is 0 Å². The molecule has 0 amide bonds. The number of benzene rings is 3. The van der Waals surface area contributed by atoms with Crippen LogP contribution in [-0.4, -0.2) is 31.0 Å². The molecule has 0 unspecified atom stereocenters. The van der Waals surface area contributed by atoms with Gasteiger partial charge < -0.3 is 24.1 Å². The Hall–Kier alpha value is -3.18. The average Bonchev–Trinajstić information content (AvgIpc) is 3.48. The van der Waals surface area contributed by atoms with E-state index in [1.165, 1.54) is 5.56 Å². The Morgan fingerprint density at radius 3 is 2.53 bits per heavy atom. The van der Waals surface area contributed by atoms with E-state index in [4.69, 9.17) is 18.9 Å². The van der Waals surface area contributed by atoms with Crippen LogP contribution in [0.3, 0.4) is 0 Å². The van der Waals surface area contributed by atoms with E-state index >= 15 is 0 Å². The first kappa shape index (κ1) is 22.6. The van der Waals surface area contributed by atoms with Gasteiger partial charge in [-0.25, -0.2) is 0 Å². The summed E-state index contributed by atoms with van der Waals surface area (Å²) >= 11 is 0. The van der Waals surface area contributed by atoms with Gasteiger partial charge in [0.05, 0.1) is 19.8 Å². The molecule has 3 aromatic rings. The van der Waals surface area contributed by atoms with Crippen molar-refractivity contribution >= 4 is 0 Å². The van der Waals surface area contributed by atoms with Gasteiger partial charge in [0.25, 0.3) is 0 Å². The van der Waals surface area contributed by atoms with Gasteiger partial charge in [0.2, 0.25) is 0 Å². The van der Waals surface area contributed by atoms with E-state index in [-0.39, 0.29) is 18.5 Å². The molecule has 5 rings (SSSR count). The molecule has 34 heavy (non-hydrogen) atoms. The molecule has 0 bridgehead atoms. The summed E-state index contributed by atoms with van der Waals surface area (Å²) in [5.74, 6) is 3.20. The molecule has 2 aliphatic rings. The molecule has 5 nitrogen and oxygen atoms in total. The summed E-state index contributed by atoms with van der Waals surface area (Å²) in [5.41, 5.74) is 6.45. The van der Waals surface area contributed by atoms with Crippen molar-refractivity contribution in [2.24, 2.45) is 0 Å². The third kappa shape index (κ3) is 4.58. The average molecular weight is 461 g/mol. The zero-order valence-electron chi connectivity index (χ0n) is 20.1. The van der Waals surface area contributed by atoms with E-state index in [1.807, 2.05) is 24.3 Å². The van der Waals surface area contributed by atoms with Crippen LogP contribution in [0.4, 0.5) is 0 Å². The van der Waals surface area contributed by atoms with Gasteiger partial charge in [0.15, 0.2) is 0 Å². The highest BCUT2D eigenvalue weighted by Crippen LogP contribution is 2.39. The van der Waals surface area contributed by atoms with E-state index < -0.39 is 0 Å². The summed E-state index contributed by atoms with van der Waals surface area (Å²) in [6.07, 6.45) is 2.12. The minimum absolute atomic E-state index is 0.125. The number of rotatable bonds is 7. The molecule has 0 aromatic heterocycles. The molecule has 0 saturated carbocycles. The third-order valence-electron chi connectivity index (χ3n) is 6.82. The molecule has 1 saturated heterocycles. The van der Waals surface area contributed by atoms with Crippen molar-refractivity contribution in [3.05, 3.63) is 70.8 Å². The van der Waals surface area contributed by atoms with Crippen molar-refractivity contribution in [2.45, 2.75) is 52.2 Å². The van der Waals surface area contributed by atoms with E-state index in [9.17, 15) is 5.11 Å². The molecule has 0 aliphatic carbocycles. The quantitative estimate of drug-likeness (QED) is 0.448. The predicted molar refractivity (Wildman–Crippen MR) is 132 cm³/mol. The Bertz CT molecular complexity index is 1160. The first-order chi connectivity index (χ1) is 16.5. The molecular weight excluding hydrogens is 428 g/mol. The summed E-state index contributed by atoms with van der Waals surface area (Å²) in [6.45, 7) is 8.78. The Balaban J connectivity index is 1.34. The van der Waals surface area contributed by atoms with Gasteiger partial charge in [-0.3, -0.25) is 0 Å². The standard InChI is InChI=1S/C29H32O5/c1-4-20-15-33-28-14-23(6-7-26(20)28)32-16-22-13-21(5-8-27(22)30)29-18(2)11-25(12-19(29)3)34-24-9-10-31-17-24/h5-8,11-14,20,24,30H,4,9-10,15-17H2,1-3H3/t20-,24-/m1/s1. The molecule has 2 aliphatic heterocycles. The Labute approximate surface area is 201 Å². The first-order valence-corrected chi connectivity index (χ1v) is 12.1. The third-order valence-corrected chi connectivity index (χ3v) is 6.82. The monoisotopic (exact) mass is 460 g/mol. The zero-order chi connectivity index (χ0) is 23.7. The first-order valence-electron chi connectivity index (χ1n) is 12.1. The fourth-order valence-corrected chi connectivity index (χ4v) is 4.95. The van der Waals surface area contributed by atoms with Gasteiger partial charge >= 0.3 is 0 Å². The van der Waals surface area contributed by atoms with Crippen molar-refractivity contribution in [3.63, 3.8) is 0 Å². The molecule has 178 valence electrons. The predicted octanol–water partition coefficient (Wildman–Crippen LogP) is 6.31. The smallest absolute Gasteiger partial charge is 0.126 e. The minimum atomic E-state index is 0.125. The Kier molecular flexibility index (Phi) is 6.38. The minimum Gasteiger partial charge on any atom is -0.508 e. The summed E-state index contributed by atoms with van der Waals surface area (Å²) in [4.78, 5) is 0. The van der Waals surface area contributed by atoms with Crippen LogP contribution in [0.2, 0.25) is 0 Å². The Morgan fingerprint density at radius 2 is 1.79 bits per heavy atom. The van der Waals surface area contributed by atoms with Crippen molar-refractivity contribution in [3.8, 4) is 34.1 Å². The molecule has 0 radical (unpaired) electrons. The van der Waals surface area contributed by atoms with E-state index in [1.54, 1.807) is 6.07 Å². The molecule has 5 heteroatoms. The van der Waals surface area contributed by atoms with Gasteiger partial charge in [-0.05, 0) is 72.9 Å². The summed E-state index contributed by atoms with van der Waals surface area (Å²) in [6, 6.07) is 15.9. The molecule has 0 spiro atoms. The van der Waals surface area contributed by atoms with Crippen LogP contribution in [-0.2, 0) is 11.3 Å². The van der Waals surface area contributed by atoms with Crippen molar-refractivity contribution < 1.29 is 24.1 Å². The van der Waals surface area contributed by atoms with Crippen LogP contribution in [0.1, 0.15) is 47.9 Å². The van der Waals surface area contributed by atoms with Crippen molar-refractivity contribution in [1.82, 2.24) is 0 Å². The summed E-state index contributed by atoms with van der Waals surface area (Å²) < 4.78 is 23.4. The molecule has 3 aromatic carbocycles. The lowest BCUT2D eigenvalue weighted by atomic mass is 9.94. The molecular formula is C29H32O5. The number of ether oxygens (including phenoxy) is 4. The fraction of sp³-hybridized carbons (Fsp3) is 0.379. The van der Waals surface area contributed by atoms with E-state index in [0.717, 1.165) is 71.1 Å². The molecule has 2 heterocycles. The van der Waals surface area contributed by atoms with Crippen molar-refractivity contribution in [2.75, 3.05) is 19.8 Å². The Morgan fingerprint density at radius 1 is 0.971 bits per heavy atom. The maximum absolute atomic E-state index is 10.5. The zero-order valence-corrected chi connectivity index (χ0v) is 20.1. The molecule has 2 atom stereocenters. The molecule has 1 N–H and O–H groups in total. The highest BCUT2D eigenvalue weighted by Gasteiger charge is 2.23. The number of phenolic OH excluding ortho intramolecular Hbond substituents is 1. The van der Waals surface area contributed by atoms with E-state index in [2.05, 4.69) is 39.0 Å². The number of hydrogen-bond acceptors (Lipinski definition) is 5. The summed E-state index contributed by atoms with van der Waals surface area (Å²) in [5, 5.41) is 10.5. The second kappa shape index (κ2) is 9.59. The van der Waals surface area contributed by atoms with Crippen LogP contribution < -0.4 is 14.2 Å². The number of aromatic hydroxyl groups is 1. The van der Waals surface area contributed by atoms with Crippen LogP contribution in [0.25, 0.3) is 11.1 Å². The highest BCUT2D eigenvalue weighted by molar-refractivity contribution is 5.73. The normalized spacial score (nSPS) is 19.0.